The first kappa shape index (κ1) is 8.17. The van der Waals surface area contributed by atoms with Crippen LogP contribution >= 0.6 is 11.8 Å². The Morgan fingerprint density at radius 3 is 3.00 bits per heavy atom. The van der Waals surface area contributed by atoms with E-state index in [1.165, 1.54) is 18.5 Å². The van der Waals surface area contributed by atoms with Crippen LogP contribution < -0.4 is 0 Å². The molecule has 0 N–H and O–H groups in total. The van der Waals surface area contributed by atoms with Crippen LogP contribution in [-0.4, -0.2) is 16.0 Å². The van der Waals surface area contributed by atoms with Crippen molar-refractivity contribution in [1.82, 2.24) is 9.78 Å². The van der Waals surface area contributed by atoms with E-state index in [0.717, 1.165) is 5.92 Å². The standard InChI is InChI=1S/C9H14N2S/c1-7(12-2)11-6-5-9(10-11)8-3-4-8/h5-8H,3-4H2,1-2H3/t7-/m0/s1. The molecule has 1 heterocycles. The van der Waals surface area contributed by atoms with Crippen molar-refractivity contribution in [3.8, 4) is 0 Å². The summed E-state index contributed by atoms with van der Waals surface area (Å²) in [5.74, 6) is 0.778. The van der Waals surface area contributed by atoms with Crippen LogP contribution in [0, 0.1) is 0 Å². The second kappa shape index (κ2) is 3.13. The van der Waals surface area contributed by atoms with Crippen LogP contribution in [0.25, 0.3) is 0 Å². The monoisotopic (exact) mass is 182 g/mol. The predicted molar refractivity (Wildman–Crippen MR) is 52.4 cm³/mol. The minimum atomic E-state index is 0.470. The summed E-state index contributed by atoms with van der Waals surface area (Å²) in [6, 6.07) is 2.16. The highest BCUT2D eigenvalue weighted by Crippen LogP contribution is 2.39. The molecule has 0 aliphatic heterocycles. The van der Waals surface area contributed by atoms with Crippen LogP contribution in [0.4, 0.5) is 0 Å². The zero-order valence-electron chi connectivity index (χ0n) is 7.53. The van der Waals surface area contributed by atoms with Crippen LogP contribution in [0.15, 0.2) is 12.3 Å². The molecular weight excluding hydrogens is 168 g/mol. The third-order valence-electron chi connectivity index (χ3n) is 2.34. The number of hydrogen-bond donors (Lipinski definition) is 0. The molecule has 1 atom stereocenters. The predicted octanol–water partition coefficient (Wildman–Crippen LogP) is 2.64. The van der Waals surface area contributed by atoms with Crippen LogP contribution in [-0.2, 0) is 0 Å². The highest BCUT2D eigenvalue weighted by atomic mass is 32.2. The van der Waals surface area contributed by atoms with E-state index in [0.29, 0.717) is 5.37 Å². The fourth-order valence-corrected chi connectivity index (χ4v) is 1.59. The zero-order chi connectivity index (χ0) is 8.55. The SMILES string of the molecule is CS[C@@H](C)n1ccc(C2CC2)n1. The van der Waals surface area contributed by atoms with Gasteiger partial charge in [0.2, 0.25) is 0 Å². The third-order valence-corrected chi connectivity index (χ3v) is 3.24. The topological polar surface area (TPSA) is 17.8 Å². The molecule has 0 aromatic carbocycles. The first-order valence-electron chi connectivity index (χ1n) is 4.39. The van der Waals surface area contributed by atoms with Crippen molar-refractivity contribution < 1.29 is 0 Å². The van der Waals surface area contributed by atoms with Crippen LogP contribution in [0.1, 0.15) is 36.8 Å². The second-order valence-corrected chi connectivity index (χ2v) is 4.48. The van der Waals surface area contributed by atoms with Gasteiger partial charge in [0.05, 0.1) is 11.1 Å². The summed E-state index contributed by atoms with van der Waals surface area (Å²) in [4.78, 5) is 0. The lowest BCUT2D eigenvalue weighted by atomic mass is 10.3. The molecule has 1 fully saturated rings. The molecule has 0 bridgehead atoms. The minimum Gasteiger partial charge on any atom is -0.260 e. The Morgan fingerprint density at radius 1 is 1.67 bits per heavy atom. The van der Waals surface area contributed by atoms with Crippen molar-refractivity contribution >= 4 is 11.8 Å². The number of nitrogens with zero attached hydrogens (tertiary/aromatic N) is 2. The normalized spacial score (nSPS) is 19.5. The van der Waals surface area contributed by atoms with Gasteiger partial charge in [-0.25, -0.2) is 0 Å². The summed E-state index contributed by atoms with van der Waals surface area (Å²) in [6.45, 7) is 2.17. The molecule has 1 aliphatic carbocycles. The average molecular weight is 182 g/mol. The molecule has 1 aliphatic rings. The van der Waals surface area contributed by atoms with Gasteiger partial charge in [0.15, 0.2) is 0 Å². The molecular formula is C9H14N2S. The highest BCUT2D eigenvalue weighted by Gasteiger charge is 2.26. The maximum Gasteiger partial charge on any atom is 0.0939 e. The Labute approximate surface area is 77.3 Å². The molecule has 0 spiro atoms. The van der Waals surface area contributed by atoms with Gasteiger partial charge in [-0.3, -0.25) is 4.68 Å². The lowest BCUT2D eigenvalue weighted by Gasteiger charge is -2.07. The summed E-state index contributed by atoms with van der Waals surface area (Å²) in [7, 11) is 0. The molecule has 66 valence electrons. The van der Waals surface area contributed by atoms with Crippen molar-refractivity contribution in [2.24, 2.45) is 0 Å². The van der Waals surface area contributed by atoms with Crippen molar-refractivity contribution in [2.45, 2.75) is 31.1 Å². The van der Waals surface area contributed by atoms with E-state index < -0.39 is 0 Å². The maximum atomic E-state index is 4.54. The number of aromatic nitrogens is 2. The van der Waals surface area contributed by atoms with Gasteiger partial charge in [-0.15, -0.1) is 11.8 Å². The zero-order valence-corrected chi connectivity index (χ0v) is 8.34. The van der Waals surface area contributed by atoms with Gasteiger partial charge in [-0.2, -0.15) is 5.10 Å². The summed E-state index contributed by atoms with van der Waals surface area (Å²) < 4.78 is 2.05. The first-order chi connectivity index (χ1) is 5.81. The Hall–Kier alpha value is -0.440. The van der Waals surface area contributed by atoms with Crippen molar-refractivity contribution in [1.29, 1.82) is 0 Å². The molecule has 12 heavy (non-hydrogen) atoms. The smallest absolute Gasteiger partial charge is 0.0939 e. The first-order valence-corrected chi connectivity index (χ1v) is 5.68. The molecule has 3 heteroatoms. The molecule has 0 saturated heterocycles. The van der Waals surface area contributed by atoms with Crippen LogP contribution in [0.2, 0.25) is 0 Å². The second-order valence-electron chi connectivity index (χ2n) is 3.33. The van der Waals surface area contributed by atoms with E-state index in [9.17, 15) is 0 Å². The minimum absolute atomic E-state index is 0.470. The molecule has 0 radical (unpaired) electrons. The summed E-state index contributed by atoms with van der Waals surface area (Å²) in [5.41, 5.74) is 1.29. The fraction of sp³-hybridized carbons (Fsp3) is 0.667. The number of thioether (sulfide) groups is 1. The summed E-state index contributed by atoms with van der Waals surface area (Å²) >= 11 is 1.82. The van der Waals surface area contributed by atoms with Crippen LogP contribution in [0.5, 0.6) is 0 Å². The molecule has 0 amide bonds. The summed E-state index contributed by atoms with van der Waals surface area (Å²) in [6.07, 6.45) is 6.88. The molecule has 2 rings (SSSR count). The van der Waals surface area contributed by atoms with E-state index in [1.807, 2.05) is 11.8 Å². The van der Waals surface area contributed by atoms with E-state index in [1.54, 1.807) is 0 Å². The molecule has 0 unspecified atom stereocenters. The van der Waals surface area contributed by atoms with E-state index in [4.69, 9.17) is 0 Å². The van der Waals surface area contributed by atoms with E-state index >= 15 is 0 Å². The molecule has 1 aromatic rings. The summed E-state index contributed by atoms with van der Waals surface area (Å²) in [5, 5.41) is 5.01. The van der Waals surface area contributed by atoms with Crippen molar-refractivity contribution in [2.75, 3.05) is 6.26 Å². The molecule has 1 saturated carbocycles. The van der Waals surface area contributed by atoms with E-state index in [-0.39, 0.29) is 0 Å². The molecule has 1 aromatic heterocycles. The number of hydrogen-bond acceptors (Lipinski definition) is 2. The van der Waals surface area contributed by atoms with Gasteiger partial charge >= 0.3 is 0 Å². The van der Waals surface area contributed by atoms with Gasteiger partial charge in [0.25, 0.3) is 0 Å². The Balaban J connectivity index is 2.12. The Bertz CT molecular complexity index is 265. The number of rotatable bonds is 3. The van der Waals surface area contributed by atoms with E-state index in [2.05, 4.69) is 35.2 Å². The fourth-order valence-electron chi connectivity index (χ4n) is 1.26. The third kappa shape index (κ3) is 1.51. The Morgan fingerprint density at radius 2 is 2.42 bits per heavy atom. The van der Waals surface area contributed by atoms with Crippen molar-refractivity contribution in [3.05, 3.63) is 18.0 Å². The van der Waals surface area contributed by atoms with Crippen molar-refractivity contribution in [3.63, 3.8) is 0 Å². The van der Waals surface area contributed by atoms with Gasteiger partial charge < -0.3 is 0 Å². The highest BCUT2D eigenvalue weighted by molar-refractivity contribution is 7.98. The largest absolute Gasteiger partial charge is 0.260 e. The lowest BCUT2D eigenvalue weighted by Crippen LogP contribution is -2.01. The quantitative estimate of drug-likeness (QED) is 0.715. The van der Waals surface area contributed by atoms with Gasteiger partial charge in [0, 0.05) is 12.1 Å². The van der Waals surface area contributed by atoms with Gasteiger partial charge in [0.1, 0.15) is 0 Å². The maximum absolute atomic E-state index is 4.54. The lowest BCUT2D eigenvalue weighted by molar-refractivity contribution is 0.632. The van der Waals surface area contributed by atoms with Gasteiger partial charge in [-0.05, 0) is 32.1 Å². The van der Waals surface area contributed by atoms with Crippen LogP contribution in [0.3, 0.4) is 0 Å². The average Bonchev–Trinajstić information content (AvgIpc) is 2.83. The van der Waals surface area contributed by atoms with Gasteiger partial charge in [-0.1, -0.05) is 0 Å². The Kier molecular flexibility index (Phi) is 2.13. The molecule has 2 nitrogen and oxygen atoms in total.